The molecule has 148 valence electrons. The first-order chi connectivity index (χ1) is 13.5. The fraction of sp³-hybridized carbons (Fsp3) is 0.250. The van der Waals surface area contributed by atoms with E-state index < -0.39 is 30.4 Å². The maximum absolute atomic E-state index is 11.9. The molecular weight excluding hydrogens is 364 g/mol. The van der Waals surface area contributed by atoms with Crippen LogP contribution in [0.15, 0.2) is 53.2 Å². The van der Waals surface area contributed by atoms with E-state index >= 15 is 0 Å². The Kier molecular flexibility index (Phi) is 7.83. The summed E-state index contributed by atoms with van der Waals surface area (Å²) in [7, 11) is 1.57. The number of hydrogen-bond donors (Lipinski definition) is 2. The third kappa shape index (κ3) is 6.99. The quantitative estimate of drug-likeness (QED) is 0.501. The van der Waals surface area contributed by atoms with E-state index in [1.807, 2.05) is 0 Å². The molecule has 0 aliphatic heterocycles. The van der Waals surface area contributed by atoms with Gasteiger partial charge in [0, 0.05) is 6.08 Å². The molecule has 0 aliphatic rings. The summed E-state index contributed by atoms with van der Waals surface area (Å²) in [6.07, 6.45) is 4.41. The van der Waals surface area contributed by atoms with Crippen molar-refractivity contribution >= 4 is 23.9 Å². The lowest BCUT2D eigenvalue weighted by Gasteiger charge is -2.12. The van der Waals surface area contributed by atoms with Gasteiger partial charge in [-0.05, 0) is 42.8 Å². The Balaban J connectivity index is 1.70. The second-order valence-electron chi connectivity index (χ2n) is 5.80. The van der Waals surface area contributed by atoms with Crippen molar-refractivity contribution in [2.45, 2.75) is 19.5 Å². The van der Waals surface area contributed by atoms with Crippen LogP contribution in [0.5, 0.6) is 5.75 Å². The number of methoxy groups -OCH3 is 1. The van der Waals surface area contributed by atoms with Gasteiger partial charge in [-0.15, -0.1) is 0 Å². The van der Waals surface area contributed by atoms with Gasteiger partial charge in [-0.1, -0.05) is 12.1 Å². The summed E-state index contributed by atoms with van der Waals surface area (Å²) in [5, 5.41) is 5.03. The van der Waals surface area contributed by atoms with Crippen molar-refractivity contribution in [1.82, 2.24) is 10.6 Å². The smallest absolute Gasteiger partial charge is 0.328 e. The Labute approximate surface area is 162 Å². The van der Waals surface area contributed by atoms with E-state index in [2.05, 4.69) is 10.6 Å². The Hall–Kier alpha value is -3.55. The van der Waals surface area contributed by atoms with E-state index in [4.69, 9.17) is 13.9 Å². The van der Waals surface area contributed by atoms with Crippen molar-refractivity contribution in [1.29, 1.82) is 0 Å². The monoisotopic (exact) mass is 386 g/mol. The summed E-state index contributed by atoms with van der Waals surface area (Å²) in [5.41, 5.74) is 0.805. The van der Waals surface area contributed by atoms with Crippen LogP contribution in [0.1, 0.15) is 18.2 Å². The summed E-state index contributed by atoms with van der Waals surface area (Å²) < 4.78 is 15.0. The van der Waals surface area contributed by atoms with Crippen molar-refractivity contribution in [3.8, 4) is 5.75 Å². The van der Waals surface area contributed by atoms with Crippen LogP contribution < -0.4 is 15.4 Å². The fourth-order valence-corrected chi connectivity index (χ4v) is 2.12. The molecule has 1 heterocycles. The average molecular weight is 386 g/mol. The lowest BCUT2D eigenvalue weighted by Crippen LogP contribution is -2.40. The molecule has 0 spiro atoms. The highest BCUT2D eigenvalue weighted by atomic mass is 16.5. The summed E-state index contributed by atoms with van der Waals surface area (Å²) in [4.78, 5) is 35.4. The van der Waals surface area contributed by atoms with Crippen molar-refractivity contribution in [3.63, 3.8) is 0 Å². The lowest BCUT2D eigenvalue weighted by molar-refractivity contribution is -0.151. The van der Waals surface area contributed by atoms with Crippen LogP contribution in [0.25, 0.3) is 6.08 Å². The van der Waals surface area contributed by atoms with Crippen molar-refractivity contribution in [3.05, 3.63) is 60.1 Å². The molecule has 0 bridgehead atoms. The van der Waals surface area contributed by atoms with Gasteiger partial charge in [0.05, 0.1) is 19.9 Å². The van der Waals surface area contributed by atoms with Gasteiger partial charge in [0.25, 0.3) is 5.91 Å². The zero-order valence-electron chi connectivity index (χ0n) is 15.6. The number of esters is 1. The molecule has 1 aromatic carbocycles. The number of hydrogen-bond acceptors (Lipinski definition) is 6. The largest absolute Gasteiger partial charge is 0.497 e. The zero-order chi connectivity index (χ0) is 20.4. The third-order valence-electron chi connectivity index (χ3n) is 3.64. The minimum absolute atomic E-state index is 0.200. The third-order valence-corrected chi connectivity index (χ3v) is 3.64. The van der Waals surface area contributed by atoms with E-state index in [1.165, 1.54) is 19.3 Å². The van der Waals surface area contributed by atoms with Gasteiger partial charge >= 0.3 is 5.97 Å². The molecule has 0 saturated carbocycles. The topological polar surface area (TPSA) is 107 Å². The Morgan fingerprint density at radius 3 is 2.57 bits per heavy atom. The summed E-state index contributed by atoms with van der Waals surface area (Å²) >= 11 is 0. The number of rotatable bonds is 9. The SMILES string of the molecule is COc1ccc(/C=C/C(=O)N[C@@H](C)C(=O)OCC(=O)NCc2ccco2)cc1. The molecule has 8 nitrogen and oxygen atoms in total. The molecule has 1 aromatic heterocycles. The Bertz CT molecular complexity index is 812. The number of benzene rings is 1. The molecule has 0 radical (unpaired) electrons. The van der Waals surface area contributed by atoms with Crippen LogP contribution in [0.3, 0.4) is 0 Å². The summed E-state index contributed by atoms with van der Waals surface area (Å²) in [6, 6.07) is 9.65. The highest BCUT2D eigenvalue weighted by Crippen LogP contribution is 2.12. The molecule has 0 fully saturated rings. The molecule has 8 heteroatoms. The van der Waals surface area contributed by atoms with E-state index in [-0.39, 0.29) is 6.54 Å². The first kappa shape index (κ1) is 20.8. The van der Waals surface area contributed by atoms with Crippen molar-refractivity contribution in [2.24, 2.45) is 0 Å². The van der Waals surface area contributed by atoms with Crippen LogP contribution in [0.4, 0.5) is 0 Å². The normalized spacial score (nSPS) is 11.6. The predicted molar refractivity (Wildman–Crippen MR) is 101 cm³/mol. The van der Waals surface area contributed by atoms with Crippen LogP contribution in [0, 0.1) is 0 Å². The average Bonchev–Trinajstić information content (AvgIpc) is 3.22. The van der Waals surface area contributed by atoms with Gasteiger partial charge in [-0.3, -0.25) is 9.59 Å². The number of carbonyl (C=O) groups is 3. The van der Waals surface area contributed by atoms with Gasteiger partial charge in [0.2, 0.25) is 5.91 Å². The van der Waals surface area contributed by atoms with Crippen LogP contribution in [0.2, 0.25) is 0 Å². The highest BCUT2D eigenvalue weighted by Gasteiger charge is 2.17. The van der Waals surface area contributed by atoms with Gasteiger partial charge in [0.1, 0.15) is 17.6 Å². The minimum atomic E-state index is -0.897. The van der Waals surface area contributed by atoms with E-state index in [1.54, 1.807) is 49.6 Å². The second-order valence-corrected chi connectivity index (χ2v) is 5.80. The Morgan fingerprint density at radius 2 is 1.93 bits per heavy atom. The molecule has 1 atom stereocenters. The number of nitrogens with one attached hydrogen (secondary N) is 2. The molecule has 0 saturated heterocycles. The molecular formula is C20H22N2O6. The molecule has 2 amide bonds. The number of furan rings is 1. The highest BCUT2D eigenvalue weighted by molar-refractivity contribution is 5.94. The van der Waals surface area contributed by atoms with Crippen molar-refractivity contribution < 1.29 is 28.3 Å². The molecule has 0 unspecified atom stereocenters. The summed E-state index contributed by atoms with van der Waals surface area (Å²) in [6.45, 7) is 1.23. The standard InChI is InChI=1S/C20H22N2O6/c1-14(20(25)28-13-19(24)21-12-17-4-3-11-27-17)22-18(23)10-7-15-5-8-16(26-2)9-6-15/h3-11,14H,12-13H2,1-2H3,(H,21,24)(H,22,23)/b10-7+/t14-/m0/s1. The van der Waals surface area contributed by atoms with Crippen LogP contribution >= 0.6 is 0 Å². The minimum Gasteiger partial charge on any atom is -0.497 e. The first-order valence-corrected chi connectivity index (χ1v) is 8.56. The van der Waals surface area contributed by atoms with Gasteiger partial charge in [-0.2, -0.15) is 0 Å². The van der Waals surface area contributed by atoms with E-state index in [9.17, 15) is 14.4 Å². The van der Waals surface area contributed by atoms with Crippen LogP contribution in [-0.4, -0.2) is 37.5 Å². The molecule has 0 aliphatic carbocycles. The molecule has 2 aromatic rings. The molecule has 28 heavy (non-hydrogen) atoms. The second kappa shape index (κ2) is 10.6. The van der Waals surface area contributed by atoms with Crippen LogP contribution in [-0.2, 0) is 25.7 Å². The number of carbonyl (C=O) groups excluding carboxylic acids is 3. The Morgan fingerprint density at radius 1 is 1.18 bits per heavy atom. The van der Waals surface area contributed by atoms with Gasteiger partial charge in [-0.25, -0.2) is 4.79 Å². The van der Waals surface area contributed by atoms with Crippen molar-refractivity contribution in [2.75, 3.05) is 13.7 Å². The van der Waals surface area contributed by atoms with Gasteiger partial charge in [0.15, 0.2) is 6.61 Å². The summed E-state index contributed by atoms with van der Waals surface area (Å²) in [5.74, 6) is -0.334. The van der Waals surface area contributed by atoms with E-state index in [0.717, 1.165) is 5.56 Å². The lowest BCUT2D eigenvalue weighted by atomic mass is 10.2. The first-order valence-electron chi connectivity index (χ1n) is 8.56. The maximum Gasteiger partial charge on any atom is 0.328 e. The molecule has 2 rings (SSSR count). The van der Waals surface area contributed by atoms with E-state index in [0.29, 0.717) is 11.5 Å². The molecule has 2 N–H and O–H groups in total. The van der Waals surface area contributed by atoms with Gasteiger partial charge < -0.3 is 24.5 Å². The number of amides is 2. The fourth-order valence-electron chi connectivity index (χ4n) is 2.12. The zero-order valence-corrected chi connectivity index (χ0v) is 15.6. The maximum atomic E-state index is 11.9. The number of ether oxygens (including phenoxy) is 2. The predicted octanol–water partition coefficient (Wildman–Crippen LogP) is 1.67.